The zero-order chi connectivity index (χ0) is 13.7. The molecule has 1 heterocycles. The highest BCUT2D eigenvalue weighted by Gasteiger charge is 2.27. The van der Waals surface area contributed by atoms with Gasteiger partial charge in [-0.15, -0.1) is 0 Å². The van der Waals surface area contributed by atoms with Crippen molar-refractivity contribution in [2.24, 2.45) is 11.8 Å². The fraction of sp³-hybridized carbons (Fsp3) is 0.667. The number of rotatable bonds is 6. The van der Waals surface area contributed by atoms with Crippen molar-refractivity contribution in [1.29, 1.82) is 0 Å². The van der Waals surface area contributed by atoms with Crippen molar-refractivity contribution in [3.8, 4) is 0 Å². The van der Waals surface area contributed by atoms with Crippen molar-refractivity contribution in [1.82, 2.24) is 10.3 Å². The first-order chi connectivity index (χ1) is 9.24. The summed E-state index contributed by atoms with van der Waals surface area (Å²) in [6.07, 6.45) is 5.73. The molecule has 1 saturated carbocycles. The minimum atomic E-state index is -0.297. The third kappa shape index (κ3) is 3.74. The van der Waals surface area contributed by atoms with E-state index in [0.717, 1.165) is 25.1 Å². The second kappa shape index (κ2) is 6.96. The van der Waals surface area contributed by atoms with Crippen molar-refractivity contribution < 1.29 is 9.50 Å². The Hall–Kier alpha value is -1.00. The lowest BCUT2D eigenvalue weighted by atomic mass is 9.96. The number of aromatic nitrogens is 1. The Kier molecular flexibility index (Phi) is 5.28. The summed E-state index contributed by atoms with van der Waals surface area (Å²) < 4.78 is 12.9. The Balaban J connectivity index is 1.90. The Morgan fingerprint density at radius 3 is 2.84 bits per heavy atom. The lowest BCUT2D eigenvalue weighted by Crippen LogP contribution is -2.30. The van der Waals surface area contributed by atoms with Crippen molar-refractivity contribution in [2.45, 2.75) is 38.6 Å². The first kappa shape index (κ1) is 14.4. The van der Waals surface area contributed by atoms with Gasteiger partial charge in [0.15, 0.2) is 0 Å². The molecule has 2 rings (SSSR count). The van der Waals surface area contributed by atoms with Crippen LogP contribution >= 0.6 is 0 Å². The molecule has 2 N–H and O–H groups in total. The predicted molar refractivity (Wildman–Crippen MR) is 73.1 cm³/mol. The second-order valence-electron chi connectivity index (χ2n) is 5.40. The maximum atomic E-state index is 12.9. The SMILES string of the molecule is CCC(NCC1CCCC1CO)c1ccc(F)cn1. The summed E-state index contributed by atoms with van der Waals surface area (Å²) in [7, 11) is 0. The smallest absolute Gasteiger partial charge is 0.141 e. The molecule has 106 valence electrons. The van der Waals surface area contributed by atoms with Gasteiger partial charge < -0.3 is 10.4 Å². The van der Waals surface area contributed by atoms with E-state index in [1.165, 1.54) is 25.1 Å². The maximum Gasteiger partial charge on any atom is 0.141 e. The van der Waals surface area contributed by atoms with Crippen LogP contribution in [0.2, 0.25) is 0 Å². The van der Waals surface area contributed by atoms with Gasteiger partial charge in [-0.05, 0) is 49.8 Å². The van der Waals surface area contributed by atoms with Gasteiger partial charge in [-0.1, -0.05) is 13.3 Å². The van der Waals surface area contributed by atoms with Gasteiger partial charge in [0.05, 0.1) is 11.9 Å². The molecule has 1 aliphatic rings. The van der Waals surface area contributed by atoms with Crippen LogP contribution < -0.4 is 5.32 Å². The average Bonchev–Trinajstić information content (AvgIpc) is 2.89. The summed E-state index contributed by atoms with van der Waals surface area (Å²) in [5, 5.41) is 12.8. The number of nitrogens with zero attached hydrogens (tertiary/aromatic N) is 1. The van der Waals surface area contributed by atoms with Gasteiger partial charge in [-0.3, -0.25) is 4.98 Å². The average molecular weight is 266 g/mol. The van der Waals surface area contributed by atoms with Crippen LogP contribution in [0.1, 0.15) is 44.3 Å². The first-order valence-electron chi connectivity index (χ1n) is 7.20. The summed E-state index contributed by atoms with van der Waals surface area (Å²) in [5.74, 6) is 0.695. The molecule has 1 aromatic heterocycles. The van der Waals surface area contributed by atoms with Gasteiger partial charge in [-0.25, -0.2) is 4.39 Å². The normalized spacial score (nSPS) is 24.6. The predicted octanol–water partition coefficient (Wildman–Crippen LogP) is 2.67. The molecule has 3 unspecified atom stereocenters. The number of hydrogen-bond acceptors (Lipinski definition) is 3. The Labute approximate surface area is 114 Å². The maximum absolute atomic E-state index is 12.9. The molecule has 4 heteroatoms. The molecule has 1 aromatic rings. The minimum absolute atomic E-state index is 0.167. The van der Waals surface area contributed by atoms with Crippen molar-refractivity contribution in [3.05, 3.63) is 29.8 Å². The van der Waals surface area contributed by atoms with E-state index in [1.54, 1.807) is 6.07 Å². The summed E-state index contributed by atoms with van der Waals surface area (Å²) in [6.45, 7) is 3.29. The Morgan fingerprint density at radius 1 is 1.42 bits per heavy atom. The van der Waals surface area contributed by atoms with Gasteiger partial charge in [0.1, 0.15) is 5.82 Å². The highest BCUT2D eigenvalue weighted by Crippen LogP contribution is 2.31. The van der Waals surface area contributed by atoms with Crippen molar-refractivity contribution in [3.63, 3.8) is 0 Å². The Morgan fingerprint density at radius 2 is 2.21 bits per heavy atom. The van der Waals surface area contributed by atoms with E-state index in [-0.39, 0.29) is 18.5 Å². The van der Waals surface area contributed by atoms with E-state index in [4.69, 9.17) is 0 Å². The number of aliphatic hydroxyl groups is 1. The third-order valence-electron chi connectivity index (χ3n) is 4.19. The highest BCUT2D eigenvalue weighted by molar-refractivity contribution is 5.09. The molecule has 1 aliphatic carbocycles. The van der Waals surface area contributed by atoms with Crippen LogP contribution in [-0.2, 0) is 0 Å². The molecule has 0 radical (unpaired) electrons. The molecular weight excluding hydrogens is 243 g/mol. The van der Waals surface area contributed by atoms with E-state index in [0.29, 0.717) is 11.8 Å². The van der Waals surface area contributed by atoms with E-state index < -0.39 is 0 Å². The molecule has 3 nitrogen and oxygen atoms in total. The van der Waals surface area contributed by atoms with E-state index in [2.05, 4.69) is 17.2 Å². The quantitative estimate of drug-likeness (QED) is 0.832. The molecule has 0 aliphatic heterocycles. The number of nitrogens with one attached hydrogen (secondary N) is 1. The third-order valence-corrected chi connectivity index (χ3v) is 4.19. The van der Waals surface area contributed by atoms with Crippen LogP contribution in [0.25, 0.3) is 0 Å². The van der Waals surface area contributed by atoms with Crippen LogP contribution in [-0.4, -0.2) is 23.2 Å². The lowest BCUT2D eigenvalue weighted by Gasteiger charge is -2.22. The summed E-state index contributed by atoms with van der Waals surface area (Å²) in [5.41, 5.74) is 0.891. The first-order valence-corrected chi connectivity index (χ1v) is 7.20. The second-order valence-corrected chi connectivity index (χ2v) is 5.40. The molecule has 0 amide bonds. The molecule has 0 aromatic carbocycles. The van der Waals surface area contributed by atoms with Crippen LogP contribution in [0.4, 0.5) is 4.39 Å². The van der Waals surface area contributed by atoms with Gasteiger partial charge in [0.2, 0.25) is 0 Å². The van der Waals surface area contributed by atoms with Crippen LogP contribution in [0.5, 0.6) is 0 Å². The summed E-state index contributed by atoms with van der Waals surface area (Å²) in [6, 6.07) is 3.37. The van der Waals surface area contributed by atoms with Crippen LogP contribution in [0.3, 0.4) is 0 Å². The largest absolute Gasteiger partial charge is 0.396 e. The van der Waals surface area contributed by atoms with Crippen LogP contribution in [0.15, 0.2) is 18.3 Å². The van der Waals surface area contributed by atoms with E-state index in [9.17, 15) is 9.50 Å². The van der Waals surface area contributed by atoms with E-state index in [1.807, 2.05) is 0 Å². The molecular formula is C15H23FN2O. The molecule has 19 heavy (non-hydrogen) atoms. The number of pyridine rings is 1. The van der Waals surface area contributed by atoms with E-state index >= 15 is 0 Å². The van der Waals surface area contributed by atoms with Gasteiger partial charge in [-0.2, -0.15) is 0 Å². The summed E-state index contributed by atoms with van der Waals surface area (Å²) >= 11 is 0. The standard InChI is InChI=1S/C15H23FN2O/c1-2-14(15-7-6-13(16)9-18-15)17-8-11-4-3-5-12(11)10-19/h6-7,9,11-12,14,17,19H,2-5,8,10H2,1H3. The van der Waals surface area contributed by atoms with Gasteiger partial charge in [0.25, 0.3) is 0 Å². The van der Waals surface area contributed by atoms with Crippen molar-refractivity contribution >= 4 is 0 Å². The monoisotopic (exact) mass is 266 g/mol. The molecule has 0 spiro atoms. The zero-order valence-corrected chi connectivity index (χ0v) is 11.5. The zero-order valence-electron chi connectivity index (χ0n) is 11.5. The fourth-order valence-corrected chi connectivity index (χ4v) is 2.97. The number of halogens is 1. The fourth-order valence-electron chi connectivity index (χ4n) is 2.97. The minimum Gasteiger partial charge on any atom is -0.396 e. The highest BCUT2D eigenvalue weighted by atomic mass is 19.1. The lowest BCUT2D eigenvalue weighted by molar-refractivity contribution is 0.190. The summed E-state index contributed by atoms with van der Waals surface area (Å²) in [4.78, 5) is 4.15. The topological polar surface area (TPSA) is 45.1 Å². The van der Waals surface area contributed by atoms with Crippen molar-refractivity contribution in [2.75, 3.05) is 13.2 Å². The van der Waals surface area contributed by atoms with Crippen LogP contribution in [0, 0.1) is 17.7 Å². The molecule has 3 atom stereocenters. The number of hydrogen-bond donors (Lipinski definition) is 2. The molecule has 0 bridgehead atoms. The number of aliphatic hydroxyl groups excluding tert-OH is 1. The molecule has 0 saturated heterocycles. The molecule has 1 fully saturated rings. The van der Waals surface area contributed by atoms with Gasteiger partial charge in [0, 0.05) is 12.6 Å². The van der Waals surface area contributed by atoms with Gasteiger partial charge >= 0.3 is 0 Å². The Bertz CT molecular complexity index is 382.